The maximum atomic E-state index is 13.3. The van der Waals surface area contributed by atoms with Crippen molar-refractivity contribution in [2.24, 2.45) is 0 Å². The van der Waals surface area contributed by atoms with E-state index in [1.54, 1.807) is 10.9 Å². The molecule has 4 aromatic rings. The summed E-state index contributed by atoms with van der Waals surface area (Å²) in [5.74, 6) is 0.506. The normalized spacial score (nSPS) is 16.4. The van der Waals surface area contributed by atoms with E-state index >= 15 is 0 Å². The largest absolute Gasteiger partial charge is 0.368 e. The van der Waals surface area contributed by atoms with E-state index < -0.39 is 0 Å². The molecule has 0 atom stereocenters. The Kier molecular flexibility index (Phi) is 7.43. The molecule has 10 heteroatoms. The number of hydrogen-bond donors (Lipinski definition) is 0. The average Bonchev–Trinajstić information content (AvgIpc) is 3.50. The van der Waals surface area contributed by atoms with Crippen LogP contribution in [0.2, 0.25) is 0 Å². The van der Waals surface area contributed by atoms with Gasteiger partial charge in [0, 0.05) is 68.2 Å². The fourth-order valence-corrected chi connectivity index (χ4v) is 5.66. The second-order valence-corrected chi connectivity index (χ2v) is 13.0. The third-order valence-corrected chi connectivity index (χ3v) is 8.30. The number of carbonyl (C=O) groups excluding carboxylic acids is 1. The van der Waals surface area contributed by atoms with Crippen molar-refractivity contribution in [2.75, 3.05) is 31.1 Å². The van der Waals surface area contributed by atoms with Crippen LogP contribution in [0.5, 0.6) is 0 Å². The molecule has 1 saturated carbocycles. The van der Waals surface area contributed by atoms with Gasteiger partial charge in [-0.1, -0.05) is 5.21 Å². The Hall–Kier alpha value is -3.92. The van der Waals surface area contributed by atoms with Crippen molar-refractivity contribution in [3.8, 4) is 16.9 Å². The van der Waals surface area contributed by atoms with Gasteiger partial charge in [0.1, 0.15) is 11.4 Å². The number of pyridine rings is 2. The van der Waals surface area contributed by atoms with E-state index in [2.05, 4.69) is 70.8 Å². The maximum Gasteiger partial charge on any atom is 0.187 e. The van der Waals surface area contributed by atoms with E-state index in [1.807, 2.05) is 42.3 Å². The Labute approximate surface area is 247 Å². The van der Waals surface area contributed by atoms with Gasteiger partial charge in [0.05, 0.1) is 35.0 Å². The van der Waals surface area contributed by atoms with Crippen LogP contribution < -0.4 is 4.90 Å². The van der Waals surface area contributed by atoms with Crippen LogP contribution in [-0.4, -0.2) is 77.6 Å². The second kappa shape index (κ2) is 11.1. The molecule has 10 nitrogen and oxygen atoms in total. The first kappa shape index (κ1) is 28.2. The molecule has 5 heterocycles. The summed E-state index contributed by atoms with van der Waals surface area (Å²) in [4.78, 5) is 27.3. The van der Waals surface area contributed by atoms with Crippen LogP contribution in [0.25, 0.3) is 16.9 Å². The summed E-state index contributed by atoms with van der Waals surface area (Å²) in [5, 5.41) is 13.6. The standard InChI is InChI=1S/C32H41N9O/c1-21(2)38-9-11-39(12-10-38)26-15-25(18-33-19-26)28-20-40(37-35-28)29-13-23(17-34-22(29)3)14-31(42)27-16-30(24-7-8-24)41(36-27)32(4,5)6/h13,15-21,24H,7-12,14H2,1-6H3. The number of anilines is 1. The van der Waals surface area contributed by atoms with Crippen LogP contribution in [0, 0.1) is 6.92 Å². The van der Waals surface area contributed by atoms with Gasteiger partial charge in [-0.3, -0.25) is 24.3 Å². The Morgan fingerprint density at radius 3 is 2.48 bits per heavy atom. The SMILES string of the molecule is Cc1ncc(CC(=O)c2cc(C3CC3)n(C(C)(C)C)n2)cc1-n1cc(-c2cncc(N3CCN(C(C)C)CC3)c2)nn1. The molecule has 0 amide bonds. The second-order valence-electron chi connectivity index (χ2n) is 13.0. The Balaban J connectivity index is 1.19. The molecule has 1 saturated heterocycles. The highest BCUT2D eigenvalue weighted by Gasteiger charge is 2.32. The first-order valence-corrected chi connectivity index (χ1v) is 15.0. The summed E-state index contributed by atoms with van der Waals surface area (Å²) in [6.45, 7) is 16.9. The lowest BCUT2D eigenvalue weighted by Gasteiger charge is -2.38. The van der Waals surface area contributed by atoms with Crippen molar-refractivity contribution in [2.45, 2.75) is 78.3 Å². The molecule has 0 N–H and O–H groups in total. The number of hydrogen-bond acceptors (Lipinski definition) is 8. The Morgan fingerprint density at radius 1 is 1.02 bits per heavy atom. The molecular formula is C32H41N9O. The molecule has 42 heavy (non-hydrogen) atoms. The van der Waals surface area contributed by atoms with Gasteiger partial charge in [0.2, 0.25) is 0 Å². The van der Waals surface area contributed by atoms with E-state index in [9.17, 15) is 4.79 Å². The van der Waals surface area contributed by atoms with Crippen LogP contribution in [0.4, 0.5) is 5.69 Å². The zero-order valence-electron chi connectivity index (χ0n) is 25.6. The molecule has 0 unspecified atom stereocenters. The maximum absolute atomic E-state index is 13.3. The zero-order chi connectivity index (χ0) is 29.6. The van der Waals surface area contributed by atoms with Crippen LogP contribution in [0.1, 0.15) is 80.8 Å². The summed E-state index contributed by atoms with van der Waals surface area (Å²) in [5.41, 5.74) is 6.71. The number of aryl methyl sites for hydroxylation is 1. The number of Topliss-reactive ketones (excluding diaryl/α,β-unsaturated/α-hetero) is 1. The lowest BCUT2D eigenvalue weighted by Crippen LogP contribution is -2.48. The summed E-state index contributed by atoms with van der Waals surface area (Å²) in [6, 6.07) is 6.67. The fraction of sp³-hybridized carbons (Fsp3) is 0.500. The molecule has 2 aliphatic rings. The smallest absolute Gasteiger partial charge is 0.187 e. The molecule has 6 rings (SSSR count). The van der Waals surface area contributed by atoms with Crippen molar-refractivity contribution in [3.63, 3.8) is 0 Å². The lowest BCUT2D eigenvalue weighted by atomic mass is 10.1. The lowest BCUT2D eigenvalue weighted by molar-refractivity contribution is 0.0986. The minimum atomic E-state index is -0.169. The molecule has 220 valence electrons. The molecule has 0 bridgehead atoms. The van der Waals surface area contributed by atoms with Gasteiger partial charge in [-0.2, -0.15) is 5.10 Å². The first-order valence-electron chi connectivity index (χ1n) is 15.0. The predicted octanol–water partition coefficient (Wildman–Crippen LogP) is 4.82. The van der Waals surface area contributed by atoms with Gasteiger partial charge in [0.25, 0.3) is 0 Å². The van der Waals surface area contributed by atoms with Crippen LogP contribution in [0.15, 0.2) is 43.0 Å². The summed E-state index contributed by atoms with van der Waals surface area (Å²) in [6.07, 6.45) is 9.97. The number of nitrogens with zero attached hydrogens (tertiary/aromatic N) is 9. The number of aromatic nitrogens is 7. The van der Waals surface area contributed by atoms with Crippen LogP contribution in [0.3, 0.4) is 0 Å². The number of ketones is 1. The van der Waals surface area contributed by atoms with Crippen molar-refractivity contribution >= 4 is 11.5 Å². The van der Waals surface area contributed by atoms with E-state index in [1.165, 1.54) is 5.69 Å². The highest BCUT2D eigenvalue weighted by molar-refractivity contribution is 5.96. The first-order chi connectivity index (χ1) is 20.1. The highest BCUT2D eigenvalue weighted by Crippen LogP contribution is 2.41. The molecule has 0 radical (unpaired) electrons. The van der Waals surface area contributed by atoms with Crippen molar-refractivity contribution in [1.29, 1.82) is 0 Å². The minimum absolute atomic E-state index is 0.00657. The fourth-order valence-electron chi connectivity index (χ4n) is 5.66. The van der Waals surface area contributed by atoms with E-state index in [0.29, 0.717) is 17.7 Å². The van der Waals surface area contributed by atoms with Gasteiger partial charge in [-0.15, -0.1) is 5.10 Å². The zero-order valence-corrected chi connectivity index (χ0v) is 25.6. The van der Waals surface area contributed by atoms with Gasteiger partial charge < -0.3 is 4.90 Å². The molecule has 1 aliphatic carbocycles. The number of rotatable bonds is 8. The Morgan fingerprint density at radius 2 is 1.79 bits per heavy atom. The third kappa shape index (κ3) is 5.86. The molecule has 0 spiro atoms. The topological polar surface area (TPSA) is 97.9 Å². The van der Waals surface area contributed by atoms with Crippen LogP contribution >= 0.6 is 0 Å². The van der Waals surface area contributed by atoms with Crippen molar-refractivity contribution in [1.82, 2.24) is 39.6 Å². The average molecular weight is 568 g/mol. The molecule has 0 aromatic carbocycles. The monoisotopic (exact) mass is 567 g/mol. The third-order valence-electron chi connectivity index (χ3n) is 8.30. The summed E-state index contributed by atoms with van der Waals surface area (Å²) < 4.78 is 3.77. The van der Waals surface area contributed by atoms with Crippen molar-refractivity contribution < 1.29 is 4.79 Å². The van der Waals surface area contributed by atoms with E-state index in [4.69, 9.17) is 5.10 Å². The van der Waals surface area contributed by atoms with Gasteiger partial charge in [0.15, 0.2) is 5.78 Å². The van der Waals surface area contributed by atoms with Gasteiger partial charge >= 0.3 is 0 Å². The quantitative estimate of drug-likeness (QED) is 0.280. The predicted molar refractivity (Wildman–Crippen MR) is 163 cm³/mol. The van der Waals surface area contributed by atoms with E-state index in [-0.39, 0.29) is 17.7 Å². The Bertz CT molecular complexity index is 1580. The molecular weight excluding hydrogens is 526 g/mol. The van der Waals surface area contributed by atoms with Gasteiger partial charge in [-0.25, -0.2) is 4.68 Å². The minimum Gasteiger partial charge on any atom is -0.368 e. The summed E-state index contributed by atoms with van der Waals surface area (Å²) in [7, 11) is 0. The molecule has 2 fully saturated rings. The number of carbonyl (C=O) groups is 1. The van der Waals surface area contributed by atoms with Crippen LogP contribution in [-0.2, 0) is 12.0 Å². The molecule has 4 aromatic heterocycles. The van der Waals surface area contributed by atoms with E-state index in [0.717, 1.165) is 72.9 Å². The van der Waals surface area contributed by atoms with Crippen molar-refractivity contribution in [3.05, 3.63) is 65.6 Å². The number of piperazine rings is 1. The highest BCUT2D eigenvalue weighted by atomic mass is 16.1. The molecule has 1 aliphatic heterocycles. The summed E-state index contributed by atoms with van der Waals surface area (Å²) >= 11 is 0. The van der Waals surface area contributed by atoms with Gasteiger partial charge in [-0.05, 0) is 78.1 Å².